The van der Waals surface area contributed by atoms with Crippen molar-refractivity contribution in [3.8, 4) is 0 Å². The zero-order valence-corrected chi connectivity index (χ0v) is 11.7. The summed E-state index contributed by atoms with van der Waals surface area (Å²) in [6.45, 7) is 5.85. The topological polar surface area (TPSA) is 34.0 Å². The summed E-state index contributed by atoms with van der Waals surface area (Å²) in [5, 5.41) is 5.43. The normalized spacial score (nSPS) is 14.0. The van der Waals surface area contributed by atoms with Gasteiger partial charge in [0.05, 0.1) is 0 Å². The first kappa shape index (κ1) is 11.5. The Morgan fingerprint density at radius 2 is 2.00 bits per heavy atom. The third-order valence-corrected chi connectivity index (χ3v) is 4.28. The quantitative estimate of drug-likeness (QED) is 0.718. The van der Waals surface area contributed by atoms with Crippen LogP contribution in [0.4, 0.5) is 0 Å². The van der Waals surface area contributed by atoms with Gasteiger partial charge in [-0.05, 0) is 43.7 Å². The molecule has 1 N–H and O–H groups in total. The number of nitrogens with zero attached hydrogens (tertiary/aromatic N) is 1. The summed E-state index contributed by atoms with van der Waals surface area (Å²) in [6.07, 6.45) is 0. The van der Waals surface area contributed by atoms with Crippen LogP contribution < -0.4 is 5.32 Å². The van der Waals surface area contributed by atoms with Gasteiger partial charge in [-0.1, -0.05) is 11.6 Å². The van der Waals surface area contributed by atoms with E-state index in [-0.39, 0.29) is 5.91 Å². The molecule has 1 aromatic heterocycles. The lowest BCUT2D eigenvalue weighted by Gasteiger charge is -2.03. The lowest BCUT2D eigenvalue weighted by Crippen LogP contribution is -2.12. The number of benzene rings is 2. The predicted molar refractivity (Wildman–Crippen MR) is 81.0 cm³/mol. The third-order valence-electron chi connectivity index (χ3n) is 4.28. The van der Waals surface area contributed by atoms with Crippen LogP contribution in [0.5, 0.6) is 0 Å². The molecule has 1 amide bonds. The fraction of sp³-hybridized carbons (Fsp3) is 0.235. The van der Waals surface area contributed by atoms with Gasteiger partial charge in [0.2, 0.25) is 0 Å². The Hall–Kier alpha value is -2.29. The first-order chi connectivity index (χ1) is 9.70. The molecular formula is C17H16N2O. The Balaban J connectivity index is 2.26. The van der Waals surface area contributed by atoms with Gasteiger partial charge in [0.1, 0.15) is 0 Å². The van der Waals surface area contributed by atoms with Gasteiger partial charge in [-0.3, -0.25) is 4.79 Å². The smallest absolute Gasteiger partial charge is 0.251 e. The zero-order chi connectivity index (χ0) is 13.9. The maximum atomic E-state index is 11.9. The Morgan fingerprint density at radius 1 is 1.20 bits per heavy atom. The molecule has 100 valence electrons. The van der Waals surface area contributed by atoms with Gasteiger partial charge in [-0.15, -0.1) is 0 Å². The van der Waals surface area contributed by atoms with Crippen LogP contribution in [0.2, 0.25) is 0 Å². The first-order valence-corrected chi connectivity index (χ1v) is 7.03. The predicted octanol–water partition coefficient (Wildman–Crippen LogP) is 3.37. The second kappa shape index (κ2) is 3.85. The van der Waals surface area contributed by atoms with Gasteiger partial charge >= 0.3 is 0 Å². The van der Waals surface area contributed by atoms with E-state index in [9.17, 15) is 4.79 Å². The zero-order valence-electron chi connectivity index (χ0n) is 11.7. The molecule has 20 heavy (non-hydrogen) atoms. The van der Waals surface area contributed by atoms with Crippen molar-refractivity contribution in [3.63, 3.8) is 0 Å². The Bertz CT molecular complexity index is 874. The largest absolute Gasteiger partial charge is 0.348 e. The molecule has 0 bridgehead atoms. The van der Waals surface area contributed by atoms with Crippen molar-refractivity contribution in [2.45, 2.75) is 26.9 Å². The molecule has 1 aliphatic rings. The summed E-state index contributed by atoms with van der Waals surface area (Å²) in [5.74, 6) is 0.0481. The number of aryl methyl sites for hydroxylation is 2. The van der Waals surface area contributed by atoms with Gasteiger partial charge in [0, 0.05) is 40.5 Å². The van der Waals surface area contributed by atoms with Gasteiger partial charge in [0.15, 0.2) is 0 Å². The van der Waals surface area contributed by atoms with E-state index in [1.165, 1.54) is 27.4 Å². The molecule has 4 rings (SSSR count). The molecule has 0 fully saturated rings. The van der Waals surface area contributed by atoms with Crippen LogP contribution in [0.1, 0.15) is 28.4 Å². The van der Waals surface area contributed by atoms with Crippen molar-refractivity contribution in [1.29, 1.82) is 0 Å². The molecule has 2 aromatic carbocycles. The highest BCUT2D eigenvalue weighted by molar-refractivity contribution is 6.14. The van der Waals surface area contributed by atoms with E-state index in [0.717, 1.165) is 17.7 Å². The van der Waals surface area contributed by atoms with E-state index >= 15 is 0 Å². The molecule has 3 nitrogen and oxygen atoms in total. The minimum atomic E-state index is 0.0481. The molecule has 3 heteroatoms. The van der Waals surface area contributed by atoms with Crippen LogP contribution in [-0.4, -0.2) is 10.5 Å². The highest BCUT2D eigenvalue weighted by Crippen LogP contribution is 2.35. The summed E-state index contributed by atoms with van der Waals surface area (Å²) < 4.78 is 2.33. The monoisotopic (exact) mass is 264 g/mol. The average Bonchev–Trinajstić information content (AvgIpc) is 2.96. The van der Waals surface area contributed by atoms with E-state index in [1.807, 2.05) is 6.07 Å². The van der Waals surface area contributed by atoms with Crippen LogP contribution >= 0.6 is 0 Å². The number of aromatic nitrogens is 1. The summed E-state index contributed by atoms with van der Waals surface area (Å²) in [6, 6.07) is 10.6. The first-order valence-electron chi connectivity index (χ1n) is 7.03. The van der Waals surface area contributed by atoms with E-state index in [1.54, 1.807) is 0 Å². The number of rotatable bonds is 1. The molecule has 0 saturated heterocycles. The van der Waals surface area contributed by atoms with Crippen molar-refractivity contribution in [2.75, 3.05) is 0 Å². The Kier molecular flexibility index (Phi) is 2.22. The molecule has 2 heterocycles. The molecule has 3 aromatic rings. The van der Waals surface area contributed by atoms with E-state index in [4.69, 9.17) is 0 Å². The van der Waals surface area contributed by atoms with Crippen molar-refractivity contribution >= 4 is 27.7 Å². The molecule has 0 saturated carbocycles. The van der Waals surface area contributed by atoms with Crippen LogP contribution in [0.25, 0.3) is 21.8 Å². The minimum absolute atomic E-state index is 0.0481. The van der Waals surface area contributed by atoms with Gasteiger partial charge in [-0.2, -0.15) is 0 Å². The molecule has 0 spiro atoms. The van der Waals surface area contributed by atoms with Crippen LogP contribution in [-0.2, 0) is 13.1 Å². The Morgan fingerprint density at radius 3 is 2.80 bits per heavy atom. The maximum absolute atomic E-state index is 11.9. The fourth-order valence-electron chi connectivity index (χ4n) is 3.38. The highest BCUT2D eigenvalue weighted by atomic mass is 16.1. The number of carbonyl (C=O) groups is 1. The SMILES string of the molecule is CCn1c2ccc(C)cc2c2c3c(ccc21)C(=O)NC3. The van der Waals surface area contributed by atoms with Gasteiger partial charge in [0.25, 0.3) is 5.91 Å². The van der Waals surface area contributed by atoms with Crippen LogP contribution in [0.3, 0.4) is 0 Å². The lowest BCUT2D eigenvalue weighted by atomic mass is 10.0. The highest BCUT2D eigenvalue weighted by Gasteiger charge is 2.23. The summed E-state index contributed by atoms with van der Waals surface area (Å²) in [7, 11) is 0. The molecule has 0 radical (unpaired) electrons. The number of amides is 1. The van der Waals surface area contributed by atoms with Crippen molar-refractivity contribution in [2.24, 2.45) is 0 Å². The summed E-state index contributed by atoms with van der Waals surface area (Å²) in [5.41, 5.74) is 5.70. The van der Waals surface area contributed by atoms with Gasteiger partial charge < -0.3 is 9.88 Å². The van der Waals surface area contributed by atoms with Crippen LogP contribution in [0, 0.1) is 6.92 Å². The molecule has 0 unspecified atom stereocenters. The number of hydrogen-bond donors (Lipinski definition) is 1. The van der Waals surface area contributed by atoms with Crippen LogP contribution in [0.15, 0.2) is 30.3 Å². The summed E-state index contributed by atoms with van der Waals surface area (Å²) >= 11 is 0. The van der Waals surface area contributed by atoms with E-state index in [2.05, 4.69) is 48.0 Å². The fourth-order valence-corrected chi connectivity index (χ4v) is 3.38. The maximum Gasteiger partial charge on any atom is 0.251 e. The van der Waals surface area contributed by atoms with Crippen molar-refractivity contribution < 1.29 is 4.79 Å². The lowest BCUT2D eigenvalue weighted by molar-refractivity contribution is 0.0966. The van der Waals surface area contributed by atoms with Crippen molar-refractivity contribution in [3.05, 3.63) is 47.0 Å². The molecular weight excluding hydrogens is 248 g/mol. The average molecular weight is 264 g/mol. The standard InChI is InChI=1S/C17H16N2O/c1-3-19-14-6-4-10(2)8-12(14)16-13-9-18-17(20)11(13)5-7-15(16)19/h4-8H,3,9H2,1-2H3,(H,18,20). The molecule has 0 aliphatic carbocycles. The Labute approximate surface area is 117 Å². The molecule has 1 aliphatic heterocycles. The van der Waals surface area contributed by atoms with Crippen molar-refractivity contribution in [1.82, 2.24) is 9.88 Å². The third kappa shape index (κ3) is 1.32. The van der Waals surface area contributed by atoms with E-state index in [0.29, 0.717) is 6.54 Å². The number of carbonyl (C=O) groups excluding carboxylic acids is 1. The minimum Gasteiger partial charge on any atom is -0.348 e. The number of nitrogens with one attached hydrogen (secondary N) is 1. The number of fused-ring (bicyclic) bond motifs is 5. The second-order valence-corrected chi connectivity index (χ2v) is 5.43. The number of hydrogen-bond acceptors (Lipinski definition) is 1. The summed E-state index contributed by atoms with van der Waals surface area (Å²) in [4.78, 5) is 11.9. The second-order valence-electron chi connectivity index (χ2n) is 5.43. The van der Waals surface area contributed by atoms with Gasteiger partial charge in [-0.25, -0.2) is 0 Å². The van der Waals surface area contributed by atoms with E-state index < -0.39 is 0 Å². The molecule has 0 atom stereocenters.